The molecule has 2 amide bonds. The summed E-state index contributed by atoms with van der Waals surface area (Å²) >= 11 is 3.45. The fourth-order valence-electron chi connectivity index (χ4n) is 3.51. The highest BCUT2D eigenvalue weighted by Crippen LogP contribution is 2.28. The molecule has 2 aliphatic rings. The van der Waals surface area contributed by atoms with Gasteiger partial charge in [-0.25, -0.2) is 4.79 Å². The quantitative estimate of drug-likeness (QED) is 0.726. The summed E-state index contributed by atoms with van der Waals surface area (Å²) < 4.78 is 11.4. The average Bonchev–Trinajstić information content (AvgIpc) is 3.21. The van der Waals surface area contributed by atoms with Crippen LogP contribution in [-0.2, 0) is 14.3 Å². The Morgan fingerprint density at radius 1 is 1.31 bits per heavy atom. The molecule has 0 aliphatic carbocycles. The molecule has 0 aromatic heterocycles. The number of alkyl carbamates (subject to hydrolysis) is 1. The fourth-order valence-corrected chi connectivity index (χ4v) is 3.78. The van der Waals surface area contributed by atoms with Crippen molar-refractivity contribution < 1.29 is 19.1 Å². The van der Waals surface area contributed by atoms with Crippen LogP contribution in [0.1, 0.15) is 25.8 Å². The van der Waals surface area contributed by atoms with Gasteiger partial charge in [0.2, 0.25) is 5.91 Å². The highest BCUT2D eigenvalue weighted by molar-refractivity contribution is 9.10. The zero-order valence-corrected chi connectivity index (χ0v) is 18.4. The van der Waals surface area contributed by atoms with Crippen molar-refractivity contribution in [2.45, 2.75) is 32.4 Å². The van der Waals surface area contributed by atoms with Gasteiger partial charge in [0, 0.05) is 29.3 Å². The smallest absolute Gasteiger partial charge is 0.407 e. The second kappa shape index (κ2) is 9.54. The van der Waals surface area contributed by atoms with E-state index in [1.807, 2.05) is 44.3 Å². The Balaban J connectivity index is 1.73. The van der Waals surface area contributed by atoms with Crippen LogP contribution in [0.15, 0.2) is 39.9 Å². The first-order valence-electron chi connectivity index (χ1n) is 9.65. The largest absolute Gasteiger partial charge is 0.453 e. The predicted octanol–water partition coefficient (Wildman–Crippen LogP) is 3.24. The summed E-state index contributed by atoms with van der Waals surface area (Å²) in [5.41, 5.74) is 3.11. The Hall–Kier alpha value is -2.19. The van der Waals surface area contributed by atoms with Gasteiger partial charge in [-0.1, -0.05) is 41.9 Å². The van der Waals surface area contributed by atoms with Gasteiger partial charge in [0.25, 0.3) is 0 Å². The van der Waals surface area contributed by atoms with Gasteiger partial charge < -0.3 is 19.7 Å². The minimum absolute atomic E-state index is 0.0768. The zero-order valence-electron chi connectivity index (χ0n) is 16.9. The molecule has 1 saturated heterocycles. The first kappa shape index (κ1) is 21.5. The number of rotatable bonds is 5. The first-order chi connectivity index (χ1) is 13.9. The van der Waals surface area contributed by atoms with Crippen LogP contribution in [0.5, 0.6) is 0 Å². The minimum atomic E-state index is -0.663. The average molecular weight is 464 g/mol. The number of nitrogens with one attached hydrogen (secondary N) is 1. The topological polar surface area (TPSA) is 80.2 Å². The number of halogens is 1. The van der Waals surface area contributed by atoms with E-state index in [2.05, 4.69) is 31.0 Å². The van der Waals surface area contributed by atoms with E-state index in [0.29, 0.717) is 26.2 Å². The van der Waals surface area contributed by atoms with Crippen molar-refractivity contribution in [1.82, 2.24) is 10.2 Å². The number of hydrogen-bond donors (Lipinski definition) is 1. The third-order valence-electron chi connectivity index (χ3n) is 5.16. The highest BCUT2D eigenvalue weighted by atomic mass is 79.9. The van der Waals surface area contributed by atoms with Gasteiger partial charge in [0.05, 0.1) is 26.4 Å². The molecule has 0 bridgehead atoms. The van der Waals surface area contributed by atoms with Crippen molar-refractivity contribution >= 4 is 39.2 Å². The Kier molecular flexibility index (Phi) is 7.08. The third kappa shape index (κ3) is 5.05. The monoisotopic (exact) mass is 463 g/mol. The number of methoxy groups -OCH3 is 1. The van der Waals surface area contributed by atoms with Crippen LogP contribution >= 0.6 is 15.9 Å². The molecule has 7 nitrogen and oxygen atoms in total. The summed E-state index contributed by atoms with van der Waals surface area (Å²) in [6.45, 7) is 5.12. The molecule has 1 aromatic rings. The van der Waals surface area contributed by atoms with Crippen LogP contribution in [0.2, 0.25) is 0 Å². The molecular formula is C21H26BrN3O4. The number of ether oxygens (including phenoxy) is 2. The summed E-state index contributed by atoms with van der Waals surface area (Å²) in [5, 5.41) is 2.66. The molecular weight excluding hydrogens is 438 g/mol. The molecule has 0 saturated carbocycles. The number of hydrogen-bond acceptors (Lipinski definition) is 5. The van der Waals surface area contributed by atoms with Gasteiger partial charge in [-0.3, -0.25) is 9.79 Å². The van der Waals surface area contributed by atoms with Crippen molar-refractivity contribution in [3.63, 3.8) is 0 Å². The second-order valence-corrected chi connectivity index (χ2v) is 8.35. The maximum absolute atomic E-state index is 13.3. The number of benzene rings is 1. The van der Waals surface area contributed by atoms with E-state index >= 15 is 0 Å². The number of nitrogens with zero attached hydrogens (tertiary/aromatic N) is 2. The van der Waals surface area contributed by atoms with Gasteiger partial charge in [0.1, 0.15) is 6.04 Å². The number of morpholine rings is 1. The molecule has 2 aliphatic heterocycles. The molecule has 8 heteroatoms. The molecule has 0 unspecified atom stereocenters. The Morgan fingerprint density at radius 2 is 2.03 bits per heavy atom. The van der Waals surface area contributed by atoms with Crippen molar-refractivity contribution in [2.24, 2.45) is 10.9 Å². The van der Waals surface area contributed by atoms with Crippen LogP contribution in [0.3, 0.4) is 0 Å². The lowest BCUT2D eigenvalue weighted by molar-refractivity contribution is -0.140. The molecule has 0 spiro atoms. The van der Waals surface area contributed by atoms with E-state index in [4.69, 9.17) is 4.74 Å². The summed E-state index contributed by atoms with van der Waals surface area (Å²) in [6, 6.07) is 7.18. The lowest BCUT2D eigenvalue weighted by Crippen LogP contribution is -2.59. The summed E-state index contributed by atoms with van der Waals surface area (Å²) in [5.74, 6) is -0.217. The van der Waals surface area contributed by atoms with Gasteiger partial charge in [0.15, 0.2) is 0 Å². The van der Waals surface area contributed by atoms with E-state index < -0.39 is 12.1 Å². The Labute approximate surface area is 179 Å². The van der Waals surface area contributed by atoms with E-state index in [0.717, 1.165) is 21.3 Å². The van der Waals surface area contributed by atoms with Crippen molar-refractivity contribution in [3.8, 4) is 0 Å². The van der Waals surface area contributed by atoms with Crippen LogP contribution in [0.25, 0.3) is 5.57 Å². The molecule has 29 heavy (non-hydrogen) atoms. The van der Waals surface area contributed by atoms with Gasteiger partial charge >= 0.3 is 6.09 Å². The molecule has 1 fully saturated rings. The van der Waals surface area contributed by atoms with Crippen LogP contribution < -0.4 is 5.32 Å². The number of allylic oxidation sites excluding steroid dienone is 1. The van der Waals surface area contributed by atoms with Crippen LogP contribution in [0, 0.1) is 5.92 Å². The number of carbonyl (C=O) groups is 2. The number of aliphatic imine (C=N–C) groups is 1. The normalized spacial score (nSPS) is 20.2. The van der Waals surface area contributed by atoms with E-state index in [9.17, 15) is 9.59 Å². The van der Waals surface area contributed by atoms with Crippen molar-refractivity contribution in [2.75, 3.05) is 26.9 Å². The van der Waals surface area contributed by atoms with Crippen molar-refractivity contribution in [1.29, 1.82) is 0 Å². The third-order valence-corrected chi connectivity index (χ3v) is 5.69. The SMILES string of the molecule is COC(=O)N[C@H](C(=O)N1CCOC[C@H]1C1=NC=C(c2ccc(Br)cc2)C1)C(C)C. The van der Waals surface area contributed by atoms with E-state index in [1.165, 1.54) is 7.11 Å². The maximum atomic E-state index is 13.3. The highest BCUT2D eigenvalue weighted by Gasteiger charge is 2.37. The molecule has 1 N–H and O–H groups in total. The minimum Gasteiger partial charge on any atom is -0.453 e. The van der Waals surface area contributed by atoms with Gasteiger partial charge in [-0.15, -0.1) is 0 Å². The molecule has 3 rings (SSSR count). The Bertz CT molecular complexity index is 820. The second-order valence-electron chi connectivity index (χ2n) is 7.44. The van der Waals surface area contributed by atoms with Gasteiger partial charge in [-0.2, -0.15) is 0 Å². The molecule has 1 aromatic carbocycles. The number of carbonyl (C=O) groups excluding carboxylic acids is 2. The van der Waals surface area contributed by atoms with Crippen molar-refractivity contribution in [3.05, 3.63) is 40.5 Å². The van der Waals surface area contributed by atoms with E-state index in [1.54, 1.807) is 4.90 Å². The molecule has 2 atom stereocenters. The molecule has 156 valence electrons. The summed E-state index contributed by atoms with van der Waals surface area (Å²) in [6.07, 6.45) is 1.91. The standard InChI is InChI=1S/C21H26BrN3O4/c1-13(2)19(24-21(27)28-3)20(26)25-8-9-29-12-18(25)17-10-15(11-23-17)14-4-6-16(22)7-5-14/h4-7,11,13,18-19H,8-10,12H2,1-3H3,(H,24,27)/t18-,19-/m0/s1. The first-order valence-corrected chi connectivity index (χ1v) is 10.4. The van der Waals surface area contributed by atoms with E-state index in [-0.39, 0.29) is 17.9 Å². The summed E-state index contributed by atoms with van der Waals surface area (Å²) in [7, 11) is 1.29. The van der Waals surface area contributed by atoms with Crippen LogP contribution in [0.4, 0.5) is 4.79 Å². The number of amides is 2. The predicted molar refractivity (Wildman–Crippen MR) is 115 cm³/mol. The lowest BCUT2D eigenvalue weighted by Gasteiger charge is -2.38. The fraction of sp³-hybridized carbons (Fsp3) is 0.476. The summed E-state index contributed by atoms with van der Waals surface area (Å²) in [4.78, 5) is 31.4. The lowest BCUT2D eigenvalue weighted by atomic mass is 9.97. The molecule has 2 heterocycles. The Morgan fingerprint density at radius 3 is 2.69 bits per heavy atom. The van der Waals surface area contributed by atoms with Crippen LogP contribution in [-0.4, -0.2) is 61.6 Å². The maximum Gasteiger partial charge on any atom is 0.407 e. The van der Waals surface area contributed by atoms with Gasteiger partial charge in [-0.05, 0) is 29.2 Å². The molecule has 0 radical (unpaired) electrons. The zero-order chi connectivity index (χ0) is 21.0.